The van der Waals surface area contributed by atoms with Crippen molar-refractivity contribution in [2.45, 2.75) is 58.4 Å². The molecule has 1 aromatic rings. The van der Waals surface area contributed by atoms with Gasteiger partial charge in [0.15, 0.2) is 0 Å². The SMILES string of the molecule is CCc1cc(C(=O)NC2(C(=O)O)CCC(C)CC2)sc1C. The van der Waals surface area contributed by atoms with Crippen molar-refractivity contribution in [1.82, 2.24) is 5.32 Å². The summed E-state index contributed by atoms with van der Waals surface area (Å²) in [5, 5.41) is 12.4. The summed E-state index contributed by atoms with van der Waals surface area (Å²) in [6, 6.07) is 1.89. The van der Waals surface area contributed by atoms with Crippen molar-refractivity contribution in [3.8, 4) is 0 Å². The molecule has 1 aliphatic rings. The van der Waals surface area contributed by atoms with Crippen molar-refractivity contribution in [3.05, 3.63) is 21.4 Å². The maximum absolute atomic E-state index is 12.4. The summed E-state index contributed by atoms with van der Waals surface area (Å²) in [5.41, 5.74) is 0.0696. The van der Waals surface area contributed by atoms with Gasteiger partial charge < -0.3 is 10.4 Å². The molecule has 4 nitrogen and oxygen atoms in total. The van der Waals surface area contributed by atoms with Gasteiger partial charge in [0.05, 0.1) is 4.88 Å². The van der Waals surface area contributed by atoms with E-state index in [0.29, 0.717) is 23.6 Å². The molecule has 0 bridgehead atoms. The fourth-order valence-electron chi connectivity index (χ4n) is 2.91. The van der Waals surface area contributed by atoms with Crippen LogP contribution in [0, 0.1) is 12.8 Å². The Balaban J connectivity index is 2.17. The minimum atomic E-state index is -1.09. The lowest BCUT2D eigenvalue weighted by atomic mass is 9.77. The van der Waals surface area contributed by atoms with E-state index in [-0.39, 0.29) is 5.91 Å². The smallest absolute Gasteiger partial charge is 0.329 e. The first kappa shape index (κ1) is 16.0. The summed E-state index contributed by atoms with van der Waals surface area (Å²) in [6.07, 6.45) is 3.60. The number of amides is 1. The number of hydrogen-bond donors (Lipinski definition) is 2. The van der Waals surface area contributed by atoms with Crippen LogP contribution < -0.4 is 5.32 Å². The third-order valence-corrected chi connectivity index (χ3v) is 5.61. The molecular weight excluding hydrogens is 286 g/mol. The summed E-state index contributed by atoms with van der Waals surface area (Å²) in [5.74, 6) is -0.628. The molecule has 0 radical (unpaired) electrons. The predicted molar refractivity (Wildman–Crippen MR) is 83.9 cm³/mol. The van der Waals surface area contributed by atoms with Gasteiger partial charge in [-0.2, -0.15) is 0 Å². The summed E-state index contributed by atoms with van der Waals surface area (Å²) in [7, 11) is 0. The van der Waals surface area contributed by atoms with E-state index in [9.17, 15) is 14.7 Å². The van der Waals surface area contributed by atoms with Gasteiger partial charge in [-0.15, -0.1) is 11.3 Å². The molecule has 116 valence electrons. The molecular formula is C16H23NO3S. The van der Waals surface area contributed by atoms with Crippen LogP contribution in [0.25, 0.3) is 0 Å². The van der Waals surface area contributed by atoms with Gasteiger partial charge >= 0.3 is 5.97 Å². The number of thiophene rings is 1. The second kappa shape index (κ2) is 6.18. The highest BCUT2D eigenvalue weighted by atomic mass is 32.1. The minimum Gasteiger partial charge on any atom is -0.480 e. The van der Waals surface area contributed by atoms with Crippen LogP contribution >= 0.6 is 11.3 Å². The topological polar surface area (TPSA) is 66.4 Å². The van der Waals surface area contributed by atoms with Crippen LogP contribution in [0.3, 0.4) is 0 Å². The molecule has 1 fully saturated rings. The lowest BCUT2D eigenvalue weighted by molar-refractivity contribution is -0.146. The van der Waals surface area contributed by atoms with Gasteiger partial charge in [0, 0.05) is 4.88 Å². The first-order valence-corrected chi connectivity index (χ1v) is 8.35. The number of carbonyl (C=O) groups is 2. The van der Waals surface area contributed by atoms with Gasteiger partial charge in [0.25, 0.3) is 5.91 Å². The molecule has 1 heterocycles. The number of aryl methyl sites for hydroxylation is 2. The average molecular weight is 309 g/mol. The standard InChI is InChI=1S/C16H23NO3S/c1-4-12-9-13(21-11(12)3)14(18)17-16(15(19)20)7-5-10(2)6-8-16/h9-10H,4-8H2,1-3H3,(H,17,18)(H,19,20). The highest BCUT2D eigenvalue weighted by Gasteiger charge is 2.42. The van der Waals surface area contributed by atoms with E-state index >= 15 is 0 Å². The predicted octanol–water partition coefficient (Wildman–Crippen LogP) is 3.38. The average Bonchev–Trinajstić information content (AvgIpc) is 2.82. The van der Waals surface area contributed by atoms with E-state index in [1.54, 1.807) is 0 Å². The van der Waals surface area contributed by atoms with Gasteiger partial charge in [-0.05, 0) is 56.6 Å². The first-order valence-electron chi connectivity index (χ1n) is 7.53. The Bertz CT molecular complexity index is 542. The molecule has 1 saturated carbocycles. The number of carboxylic acid groups (broad SMARTS) is 1. The molecule has 5 heteroatoms. The Kier molecular flexibility index (Phi) is 4.71. The summed E-state index contributed by atoms with van der Waals surface area (Å²) >= 11 is 1.44. The highest BCUT2D eigenvalue weighted by Crippen LogP contribution is 2.33. The Morgan fingerprint density at radius 1 is 1.43 bits per heavy atom. The Morgan fingerprint density at radius 2 is 2.05 bits per heavy atom. The molecule has 0 saturated heterocycles. The van der Waals surface area contributed by atoms with Gasteiger partial charge in [-0.25, -0.2) is 4.79 Å². The normalized spacial score (nSPS) is 25.6. The maximum Gasteiger partial charge on any atom is 0.329 e. The fraction of sp³-hybridized carbons (Fsp3) is 0.625. The van der Waals surface area contributed by atoms with Gasteiger partial charge in [0.2, 0.25) is 0 Å². The van der Waals surface area contributed by atoms with Crippen LogP contribution in [0.4, 0.5) is 0 Å². The molecule has 0 aromatic carbocycles. The largest absolute Gasteiger partial charge is 0.480 e. The van der Waals surface area contributed by atoms with Crippen molar-refractivity contribution in [2.24, 2.45) is 5.92 Å². The van der Waals surface area contributed by atoms with Crippen LogP contribution in [-0.2, 0) is 11.2 Å². The van der Waals surface area contributed by atoms with Crippen LogP contribution in [0.2, 0.25) is 0 Å². The third-order valence-electron chi connectivity index (χ3n) is 4.52. The van der Waals surface area contributed by atoms with Crippen molar-refractivity contribution in [3.63, 3.8) is 0 Å². The lowest BCUT2D eigenvalue weighted by Gasteiger charge is -2.36. The molecule has 0 unspecified atom stereocenters. The Morgan fingerprint density at radius 3 is 2.52 bits per heavy atom. The van der Waals surface area contributed by atoms with Crippen LogP contribution in [0.15, 0.2) is 6.07 Å². The molecule has 1 aromatic heterocycles. The summed E-state index contributed by atoms with van der Waals surface area (Å²) < 4.78 is 0. The molecule has 2 N–H and O–H groups in total. The summed E-state index contributed by atoms with van der Waals surface area (Å²) in [4.78, 5) is 25.8. The molecule has 2 rings (SSSR count). The van der Waals surface area contributed by atoms with E-state index in [4.69, 9.17) is 0 Å². The van der Waals surface area contributed by atoms with Crippen LogP contribution in [-0.4, -0.2) is 22.5 Å². The molecule has 0 aliphatic heterocycles. The second-order valence-corrected chi connectivity index (χ2v) is 7.33. The zero-order chi connectivity index (χ0) is 15.6. The van der Waals surface area contributed by atoms with Crippen LogP contribution in [0.5, 0.6) is 0 Å². The third kappa shape index (κ3) is 3.28. The van der Waals surface area contributed by atoms with E-state index in [0.717, 1.165) is 29.7 Å². The van der Waals surface area contributed by atoms with E-state index in [1.165, 1.54) is 11.3 Å². The second-order valence-electron chi connectivity index (χ2n) is 6.07. The van der Waals surface area contributed by atoms with E-state index in [1.807, 2.05) is 13.0 Å². The van der Waals surface area contributed by atoms with Crippen molar-refractivity contribution in [1.29, 1.82) is 0 Å². The lowest BCUT2D eigenvalue weighted by Crippen LogP contribution is -2.56. The zero-order valence-corrected chi connectivity index (χ0v) is 13.7. The monoisotopic (exact) mass is 309 g/mol. The molecule has 1 aliphatic carbocycles. The minimum absolute atomic E-state index is 0.250. The molecule has 21 heavy (non-hydrogen) atoms. The van der Waals surface area contributed by atoms with Crippen molar-refractivity contribution < 1.29 is 14.7 Å². The maximum atomic E-state index is 12.4. The van der Waals surface area contributed by atoms with Gasteiger partial charge in [-0.3, -0.25) is 4.79 Å². The van der Waals surface area contributed by atoms with Gasteiger partial charge in [0.1, 0.15) is 5.54 Å². The quantitative estimate of drug-likeness (QED) is 0.896. The van der Waals surface area contributed by atoms with E-state index in [2.05, 4.69) is 19.2 Å². The Hall–Kier alpha value is -1.36. The molecule has 0 spiro atoms. The van der Waals surface area contributed by atoms with Crippen molar-refractivity contribution in [2.75, 3.05) is 0 Å². The fourth-order valence-corrected chi connectivity index (χ4v) is 3.92. The number of nitrogens with one attached hydrogen (secondary N) is 1. The molecule has 1 amide bonds. The van der Waals surface area contributed by atoms with Crippen LogP contribution in [0.1, 0.15) is 59.6 Å². The molecule has 0 atom stereocenters. The highest BCUT2D eigenvalue weighted by molar-refractivity contribution is 7.14. The Labute approximate surface area is 129 Å². The number of carbonyl (C=O) groups excluding carboxylic acids is 1. The number of rotatable bonds is 4. The first-order chi connectivity index (χ1) is 9.88. The number of aliphatic carboxylic acids is 1. The van der Waals surface area contributed by atoms with Crippen molar-refractivity contribution >= 4 is 23.2 Å². The summed E-state index contributed by atoms with van der Waals surface area (Å²) in [6.45, 7) is 6.18. The number of hydrogen-bond acceptors (Lipinski definition) is 3. The number of carboxylic acids is 1. The van der Waals surface area contributed by atoms with E-state index < -0.39 is 11.5 Å². The zero-order valence-electron chi connectivity index (χ0n) is 12.9. The van der Waals surface area contributed by atoms with Gasteiger partial charge in [-0.1, -0.05) is 13.8 Å².